The van der Waals surface area contributed by atoms with Gasteiger partial charge in [0.25, 0.3) is 5.91 Å². The average molecular weight is 637 g/mol. The van der Waals surface area contributed by atoms with E-state index in [0.717, 1.165) is 34.0 Å². The van der Waals surface area contributed by atoms with E-state index in [9.17, 15) is 19.5 Å². The van der Waals surface area contributed by atoms with Gasteiger partial charge in [-0.25, -0.2) is 9.48 Å². The predicted octanol–water partition coefficient (Wildman–Crippen LogP) is 5.71. The molecule has 1 N–H and O–H groups in total. The van der Waals surface area contributed by atoms with Crippen molar-refractivity contribution in [3.05, 3.63) is 44.3 Å². The lowest BCUT2D eigenvalue weighted by Crippen LogP contribution is -2.59. The van der Waals surface area contributed by atoms with E-state index in [0.29, 0.717) is 49.2 Å². The summed E-state index contributed by atoms with van der Waals surface area (Å²) < 4.78 is 8.44. The topological polar surface area (TPSA) is 105 Å². The summed E-state index contributed by atoms with van der Waals surface area (Å²) in [6, 6.07) is 3.93. The number of carboxylic acid groups (broad SMARTS) is 1. The molecule has 4 rings (SSSR count). The number of halogens is 1. The molecule has 1 saturated heterocycles. The van der Waals surface area contributed by atoms with E-state index in [4.69, 9.17) is 4.74 Å². The molecule has 206 valence electrons. The Hall–Kier alpha value is -2.47. The Labute approximate surface area is 237 Å². The second-order valence-electron chi connectivity index (χ2n) is 11.1. The van der Waals surface area contributed by atoms with Gasteiger partial charge in [-0.3, -0.25) is 19.4 Å². The molecule has 2 aromatic rings. The van der Waals surface area contributed by atoms with E-state index in [-0.39, 0.29) is 17.9 Å². The summed E-state index contributed by atoms with van der Waals surface area (Å²) in [5.74, 6) is -0.159. The monoisotopic (exact) mass is 636 g/mol. The zero-order valence-electron chi connectivity index (χ0n) is 22.8. The summed E-state index contributed by atoms with van der Waals surface area (Å²) in [4.78, 5) is 42.2. The molecule has 2 heterocycles. The van der Waals surface area contributed by atoms with Crippen molar-refractivity contribution in [1.29, 1.82) is 0 Å². The van der Waals surface area contributed by atoms with Gasteiger partial charge >= 0.3 is 6.09 Å². The van der Waals surface area contributed by atoms with Crippen LogP contribution in [0.4, 0.5) is 10.5 Å². The van der Waals surface area contributed by atoms with E-state index in [2.05, 4.69) is 27.7 Å². The van der Waals surface area contributed by atoms with E-state index < -0.39 is 17.8 Å². The number of carbonyl (C=O) groups excluding carboxylic acids is 2. The fraction of sp³-hybridized carbons (Fsp3) is 0.571. The Morgan fingerprint density at radius 1 is 1.24 bits per heavy atom. The van der Waals surface area contributed by atoms with Crippen molar-refractivity contribution in [2.75, 3.05) is 11.5 Å². The minimum absolute atomic E-state index is 0.168. The third kappa shape index (κ3) is 5.75. The summed E-state index contributed by atoms with van der Waals surface area (Å²) in [6.45, 7) is 9.81. The molecule has 9 nitrogen and oxygen atoms in total. The first-order valence-corrected chi connectivity index (χ1v) is 14.4. The molecule has 2 unspecified atom stereocenters. The number of nitrogens with zero attached hydrogens (tertiary/aromatic N) is 4. The molecule has 1 aliphatic carbocycles. The standard InChI is InChI=1S/C28H37IN4O5/c1-6-24(33(27(36)37)28(3,4)5)32(23-15-19-13-20(34)11-10-18(19)14-22(23)29)26(35)21-16-31(30-17(21)2)25-9-7-8-12-38-25/h14-16,24-25H,6-13H2,1-5H3,(H,36,37). The van der Waals surface area contributed by atoms with Gasteiger partial charge in [-0.05, 0) is 106 Å². The fourth-order valence-electron chi connectivity index (χ4n) is 5.45. The number of hydrogen-bond donors (Lipinski definition) is 1. The highest BCUT2D eigenvalue weighted by Crippen LogP contribution is 2.36. The number of carbonyl (C=O) groups is 3. The van der Waals surface area contributed by atoms with Crippen molar-refractivity contribution in [3.8, 4) is 0 Å². The van der Waals surface area contributed by atoms with Crippen molar-refractivity contribution in [1.82, 2.24) is 14.7 Å². The number of fused-ring (bicyclic) bond motifs is 1. The molecular weight excluding hydrogens is 599 g/mol. The molecule has 1 aromatic carbocycles. The summed E-state index contributed by atoms with van der Waals surface area (Å²) in [5.41, 5.74) is 2.79. The number of rotatable bonds is 6. The highest BCUT2D eigenvalue weighted by molar-refractivity contribution is 14.1. The first kappa shape index (κ1) is 28.5. The summed E-state index contributed by atoms with van der Waals surface area (Å²) in [7, 11) is 0. The van der Waals surface area contributed by atoms with Crippen LogP contribution in [0, 0.1) is 10.5 Å². The van der Waals surface area contributed by atoms with Crippen LogP contribution >= 0.6 is 22.6 Å². The van der Waals surface area contributed by atoms with E-state index >= 15 is 0 Å². The van der Waals surface area contributed by atoms with Gasteiger partial charge in [0.05, 0.1) is 16.9 Å². The van der Waals surface area contributed by atoms with Gasteiger partial charge in [-0.1, -0.05) is 6.92 Å². The molecule has 0 radical (unpaired) electrons. The Kier molecular flexibility index (Phi) is 8.51. The molecule has 38 heavy (non-hydrogen) atoms. The molecule has 1 aliphatic heterocycles. The highest BCUT2D eigenvalue weighted by Gasteiger charge is 2.40. The zero-order valence-corrected chi connectivity index (χ0v) is 24.9. The maximum atomic E-state index is 14.4. The number of amides is 2. The number of aromatic nitrogens is 2. The van der Waals surface area contributed by atoms with Gasteiger partial charge in [0.15, 0.2) is 0 Å². The van der Waals surface area contributed by atoms with Crippen LogP contribution in [0.3, 0.4) is 0 Å². The highest BCUT2D eigenvalue weighted by atomic mass is 127. The molecule has 2 atom stereocenters. The smallest absolute Gasteiger partial charge is 0.409 e. The quantitative estimate of drug-likeness (QED) is 0.322. The molecule has 1 aromatic heterocycles. The number of Topliss-reactive ketones (excluding diaryl/α,β-unsaturated/α-hetero) is 1. The van der Waals surface area contributed by atoms with Gasteiger partial charge in [-0.15, -0.1) is 0 Å². The van der Waals surface area contributed by atoms with Crippen LogP contribution in [0.2, 0.25) is 0 Å². The fourth-order valence-corrected chi connectivity index (χ4v) is 6.24. The molecule has 1 fully saturated rings. The number of anilines is 1. The number of aryl methyl sites for hydroxylation is 2. The number of benzene rings is 1. The molecule has 0 bridgehead atoms. The molecule has 2 aliphatic rings. The van der Waals surface area contributed by atoms with Gasteiger partial charge in [0.1, 0.15) is 18.2 Å². The summed E-state index contributed by atoms with van der Waals surface area (Å²) >= 11 is 2.21. The number of ether oxygens (including phenoxy) is 1. The van der Waals surface area contributed by atoms with E-state index in [1.165, 1.54) is 4.90 Å². The Bertz CT molecular complexity index is 1230. The van der Waals surface area contributed by atoms with Crippen LogP contribution in [0.25, 0.3) is 0 Å². The number of hydrogen-bond acceptors (Lipinski definition) is 5. The van der Waals surface area contributed by atoms with E-state index in [1.54, 1.807) is 22.7 Å². The largest absolute Gasteiger partial charge is 0.465 e. The summed E-state index contributed by atoms with van der Waals surface area (Å²) in [6.07, 6.45) is 4.36. The van der Waals surface area contributed by atoms with Gasteiger partial charge in [0.2, 0.25) is 0 Å². The lowest BCUT2D eigenvalue weighted by atomic mass is 9.90. The lowest BCUT2D eigenvalue weighted by molar-refractivity contribution is -0.118. The second kappa shape index (κ2) is 11.3. The molecule has 0 saturated carbocycles. The zero-order chi connectivity index (χ0) is 27.8. The predicted molar refractivity (Wildman–Crippen MR) is 153 cm³/mol. The van der Waals surface area contributed by atoms with Crippen LogP contribution < -0.4 is 4.90 Å². The first-order valence-electron chi connectivity index (χ1n) is 13.3. The van der Waals surface area contributed by atoms with Crippen LogP contribution in [-0.4, -0.2) is 55.9 Å². The molecule has 2 amide bonds. The Morgan fingerprint density at radius 3 is 2.58 bits per heavy atom. The second-order valence-corrected chi connectivity index (χ2v) is 12.3. The molecule has 10 heteroatoms. The van der Waals surface area contributed by atoms with Crippen molar-refractivity contribution in [2.45, 2.75) is 97.5 Å². The SMILES string of the molecule is CCC(N(C(=O)c1cn(C2CCCCO2)nc1C)c1cc2c(cc1I)CCC(=O)C2)N(C(=O)O)C(C)(C)C. The lowest BCUT2D eigenvalue weighted by Gasteiger charge is -2.44. The molecular formula is C28H37IN4O5. The minimum atomic E-state index is -1.10. The third-order valence-corrected chi connectivity index (χ3v) is 8.16. The van der Waals surface area contributed by atoms with Gasteiger partial charge in [-0.2, -0.15) is 5.10 Å². The summed E-state index contributed by atoms with van der Waals surface area (Å²) in [5, 5.41) is 14.9. The van der Waals surface area contributed by atoms with Gasteiger partial charge < -0.3 is 9.84 Å². The maximum Gasteiger partial charge on any atom is 0.409 e. The third-order valence-electron chi connectivity index (χ3n) is 7.30. The molecule has 0 spiro atoms. The van der Waals surface area contributed by atoms with Crippen LogP contribution in [0.1, 0.15) is 93.2 Å². The van der Waals surface area contributed by atoms with Crippen molar-refractivity contribution in [3.63, 3.8) is 0 Å². The Morgan fingerprint density at radius 2 is 1.97 bits per heavy atom. The van der Waals surface area contributed by atoms with Crippen molar-refractivity contribution < 1.29 is 24.2 Å². The Balaban J connectivity index is 1.86. The maximum absolute atomic E-state index is 14.4. The first-order chi connectivity index (χ1) is 17.9. The van der Waals surface area contributed by atoms with E-state index in [1.807, 2.05) is 39.8 Å². The minimum Gasteiger partial charge on any atom is -0.465 e. The van der Waals surface area contributed by atoms with Gasteiger partial charge in [0, 0.05) is 34.8 Å². The average Bonchev–Trinajstić information content (AvgIpc) is 3.25. The van der Waals surface area contributed by atoms with Crippen molar-refractivity contribution >= 4 is 46.1 Å². The normalized spacial score (nSPS) is 18.6. The number of ketones is 1. The van der Waals surface area contributed by atoms with Crippen LogP contribution in [0.5, 0.6) is 0 Å². The van der Waals surface area contributed by atoms with Crippen LogP contribution in [0.15, 0.2) is 18.3 Å². The van der Waals surface area contributed by atoms with Crippen LogP contribution in [-0.2, 0) is 22.4 Å². The van der Waals surface area contributed by atoms with Crippen molar-refractivity contribution in [2.24, 2.45) is 0 Å².